The van der Waals surface area contributed by atoms with E-state index in [-0.39, 0.29) is 11.1 Å². The maximum atomic E-state index is 12.0. The molecule has 0 radical (unpaired) electrons. The Morgan fingerprint density at radius 3 is 1.72 bits per heavy atom. The van der Waals surface area contributed by atoms with Gasteiger partial charge in [0.2, 0.25) is 0 Å². The van der Waals surface area contributed by atoms with Gasteiger partial charge in [-0.2, -0.15) is 8.42 Å². The van der Waals surface area contributed by atoms with Crippen LogP contribution >= 0.6 is 0 Å². The summed E-state index contributed by atoms with van der Waals surface area (Å²) < 4.78 is 33.7. The highest BCUT2D eigenvalue weighted by Gasteiger charge is 2.32. The zero-order chi connectivity index (χ0) is 27.8. The average Bonchev–Trinajstić information content (AvgIpc) is 3.27. The monoisotopic (exact) mass is 556 g/mol. The Bertz CT molecular complexity index is 1040. The number of rotatable bonds is 21. The molecular formula is C33H52N2O3S. The molecule has 1 aliphatic rings. The summed E-state index contributed by atoms with van der Waals surface area (Å²) in [5.41, 5.74) is 2.54. The normalized spacial score (nSPS) is 14.9. The van der Waals surface area contributed by atoms with Gasteiger partial charge >= 0.3 is 0 Å². The van der Waals surface area contributed by atoms with Crippen LogP contribution < -0.4 is 10.2 Å². The van der Waals surface area contributed by atoms with E-state index in [1.54, 1.807) is 6.07 Å². The number of nitrogens with zero attached hydrogens (tertiary/aromatic N) is 1. The largest absolute Gasteiger partial charge is 0.362 e. The number of anilines is 2. The molecule has 0 saturated carbocycles. The fourth-order valence-electron chi connectivity index (χ4n) is 5.80. The van der Waals surface area contributed by atoms with Crippen LogP contribution in [0.2, 0.25) is 0 Å². The van der Waals surface area contributed by atoms with Crippen molar-refractivity contribution in [3.63, 3.8) is 0 Å². The molecule has 218 valence electrons. The van der Waals surface area contributed by atoms with Crippen LogP contribution in [-0.4, -0.2) is 19.1 Å². The smallest absolute Gasteiger partial charge is 0.296 e. The van der Waals surface area contributed by atoms with Crippen molar-refractivity contribution in [1.29, 1.82) is 0 Å². The molecule has 0 bridgehead atoms. The van der Waals surface area contributed by atoms with Gasteiger partial charge in [-0.3, -0.25) is 4.55 Å². The fourth-order valence-corrected chi connectivity index (χ4v) is 6.47. The van der Waals surface area contributed by atoms with Crippen molar-refractivity contribution < 1.29 is 13.0 Å². The first-order chi connectivity index (χ1) is 19.0. The molecule has 3 rings (SSSR count). The van der Waals surface area contributed by atoms with Gasteiger partial charge in [0.25, 0.3) is 10.1 Å². The molecule has 1 aliphatic heterocycles. The lowest BCUT2D eigenvalue weighted by atomic mass is 10.0. The Kier molecular flexibility index (Phi) is 14.2. The Labute approximate surface area is 238 Å². The van der Waals surface area contributed by atoms with Crippen molar-refractivity contribution in [1.82, 2.24) is 0 Å². The quantitative estimate of drug-likeness (QED) is 0.118. The van der Waals surface area contributed by atoms with E-state index in [0.717, 1.165) is 18.5 Å². The summed E-state index contributed by atoms with van der Waals surface area (Å²) in [6.07, 6.45) is 24.0. The van der Waals surface area contributed by atoms with Crippen LogP contribution in [0.3, 0.4) is 0 Å². The highest BCUT2D eigenvalue weighted by atomic mass is 32.2. The van der Waals surface area contributed by atoms with Gasteiger partial charge in [-0.25, -0.2) is 0 Å². The maximum absolute atomic E-state index is 12.0. The molecule has 0 saturated heterocycles. The molecule has 5 nitrogen and oxygen atoms in total. The SMILES string of the molecule is CCCCCCCCCCCCCCCCCCCC1Nc2c(cccc2S(=O)(=O)O)N1Cc1ccccc1. The Morgan fingerprint density at radius 2 is 1.21 bits per heavy atom. The van der Waals surface area contributed by atoms with Gasteiger partial charge in [-0.1, -0.05) is 146 Å². The van der Waals surface area contributed by atoms with Crippen molar-refractivity contribution in [3.05, 3.63) is 54.1 Å². The lowest BCUT2D eigenvalue weighted by Crippen LogP contribution is -2.35. The molecule has 0 amide bonds. The molecule has 0 spiro atoms. The van der Waals surface area contributed by atoms with E-state index in [4.69, 9.17) is 0 Å². The Morgan fingerprint density at radius 1 is 0.692 bits per heavy atom. The zero-order valence-electron chi connectivity index (χ0n) is 24.3. The summed E-state index contributed by atoms with van der Waals surface area (Å²) in [6, 6.07) is 15.4. The Balaban J connectivity index is 1.31. The third kappa shape index (κ3) is 11.2. The number of nitrogens with one attached hydrogen (secondary N) is 1. The van der Waals surface area contributed by atoms with E-state index in [1.165, 1.54) is 114 Å². The summed E-state index contributed by atoms with van der Waals surface area (Å²) in [5, 5.41) is 3.42. The summed E-state index contributed by atoms with van der Waals surface area (Å²) in [5.74, 6) is 0. The van der Waals surface area contributed by atoms with Gasteiger partial charge in [0.1, 0.15) is 4.90 Å². The molecule has 1 atom stereocenters. The second-order valence-corrected chi connectivity index (χ2v) is 12.7. The van der Waals surface area contributed by atoms with Crippen LogP contribution in [0.4, 0.5) is 11.4 Å². The molecule has 1 heterocycles. The number of para-hydroxylation sites is 1. The third-order valence-corrected chi connectivity index (χ3v) is 8.95. The predicted octanol–water partition coefficient (Wildman–Crippen LogP) is 9.73. The first-order valence-corrected chi connectivity index (χ1v) is 17.1. The Hall–Kier alpha value is -2.05. The van der Waals surface area contributed by atoms with Gasteiger partial charge in [0, 0.05) is 6.54 Å². The zero-order valence-corrected chi connectivity index (χ0v) is 25.1. The van der Waals surface area contributed by atoms with Gasteiger partial charge in [0.15, 0.2) is 0 Å². The molecule has 0 aliphatic carbocycles. The molecule has 2 aromatic carbocycles. The fraction of sp³-hybridized carbons (Fsp3) is 0.636. The van der Waals surface area contributed by atoms with Crippen molar-refractivity contribution in [2.24, 2.45) is 0 Å². The average molecular weight is 557 g/mol. The lowest BCUT2D eigenvalue weighted by molar-refractivity contribution is 0.483. The summed E-state index contributed by atoms with van der Waals surface area (Å²) in [4.78, 5) is 2.20. The summed E-state index contributed by atoms with van der Waals surface area (Å²) in [7, 11) is -4.29. The molecule has 2 N–H and O–H groups in total. The molecule has 0 aromatic heterocycles. The molecule has 2 aromatic rings. The van der Waals surface area contributed by atoms with Crippen LogP contribution in [0, 0.1) is 0 Å². The lowest BCUT2D eigenvalue weighted by Gasteiger charge is -2.27. The first kappa shape index (κ1) is 31.5. The van der Waals surface area contributed by atoms with Gasteiger partial charge < -0.3 is 10.2 Å². The molecule has 1 unspecified atom stereocenters. The summed E-state index contributed by atoms with van der Waals surface area (Å²) >= 11 is 0. The topological polar surface area (TPSA) is 69.6 Å². The second-order valence-electron chi connectivity index (χ2n) is 11.3. The third-order valence-electron chi connectivity index (χ3n) is 8.06. The van der Waals surface area contributed by atoms with Crippen LogP contribution in [0.5, 0.6) is 0 Å². The second kappa shape index (κ2) is 17.6. The van der Waals surface area contributed by atoms with Gasteiger partial charge in [-0.15, -0.1) is 0 Å². The van der Waals surface area contributed by atoms with E-state index in [0.29, 0.717) is 12.2 Å². The highest BCUT2D eigenvalue weighted by Crippen LogP contribution is 2.41. The minimum absolute atomic E-state index is 0.0134. The van der Waals surface area contributed by atoms with E-state index in [2.05, 4.69) is 29.3 Å². The summed E-state index contributed by atoms with van der Waals surface area (Å²) in [6.45, 7) is 2.97. The first-order valence-electron chi connectivity index (χ1n) is 15.7. The van der Waals surface area contributed by atoms with Crippen LogP contribution in [0.1, 0.15) is 128 Å². The van der Waals surface area contributed by atoms with Crippen molar-refractivity contribution in [2.75, 3.05) is 10.2 Å². The number of benzene rings is 2. The van der Waals surface area contributed by atoms with Crippen molar-refractivity contribution in [2.45, 2.75) is 140 Å². The highest BCUT2D eigenvalue weighted by molar-refractivity contribution is 7.86. The predicted molar refractivity (Wildman–Crippen MR) is 165 cm³/mol. The number of hydrogen-bond acceptors (Lipinski definition) is 4. The van der Waals surface area contributed by atoms with Crippen LogP contribution in [0.15, 0.2) is 53.4 Å². The molecule has 0 fully saturated rings. The standard InChI is InChI=1S/C33H52N2O3S/c1-2-3-4-5-6-7-8-9-10-11-12-13-14-15-16-17-21-27-32-34-33-30(25-22-26-31(33)39(36,37)38)35(32)28-29-23-19-18-20-24-29/h18-20,22-26,32,34H,2-17,21,27-28H2,1H3,(H,36,37,38). The van der Waals surface area contributed by atoms with Gasteiger partial charge in [0.05, 0.1) is 17.5 Å². The van der Waals surface area contributed by atoms with E-state index in [1.807, 2.05) is 24.3 Å². The molecule has 6 heteroatoms. The van der Waals surface area contributed by atoms with E-state index < -0.39 is 10.1 Å². The molecular weight excluding hydrogens is 504 g/mol. The minimum Gasteiger partial charge on any atom is -0.362 e. The number of fused-ring (bicyclic) bond motifs is 1. The van der Waals surface area contributed by atoms with Crippen LogP contribution in [0.25, 0.3) is 0 Å². The number of unbranched alkanes of at least 4 members (excludes halogenated alkanes) is 16. The van der Waals surface area contributed by atoms with Crippen molar-refractivity contribution in [3.8, 4) is 0 Å². The van der Waals surface area contributed by atoms with E-state index in [9.17, 15) is 13.0 Å². The maximum Gasteiger partial charge on any atom is 0.296 e. The van der Waals surface area contributed by atoms with Crippen LogP contribution in [-0.2, 0) is 16.7 Å². The molecule has 39 heavy (non-hydrogen) atoms. The van der Waals surface area contributed by atoms with Gasteiger partial charge in [-0.05, 0) is 30.5 Å². The van der Waals surface area contributed by atoms with Crippen molar-refractivity contribution >= 4 is 21.5 Å². The van der Waals surface area contributed by atoms with E-state index >= 15 is 0 Å². The minimum atomic E-state index is -4.29. The number of hydrogen-bond donors (Lipinski definition) is 2.